The summed E-state index contributed by atoms with van der Waals surface area (Å²) in [5, 5.41) is 9.58. The van der Waals surface area contributed by atoms with E-state index in [-0.39, 0.29) is 18.9 Å². The van der Waals surface area contributed by atoms with Crippen LogP contribution in [-0.2, 0) is 11.3 Å². The molecule has 0 saturated heterocycles. The van der Waals surface area contributed by atoms with Crippen LogP contribution in [0, 0.1) is 0 Å². The lowest BCUT2D eigenvalue weighted by Gasteiger charge is -2.46. The van der Waals surface area contributed by atoms with Gasteiger partial charge in [-0.25, -0.2) is 8.78 Å². The Morgan fingerprint density at radius 3 is 2.47 bits per heavy atom. The lowest BCUT2D eigenvalue weighted by atomic mass is 9.73. The van der Waals surface area contributed by atoms with E-state index in [1.165, 1.54) is 0 Å². The SMILES string of the molecule is CC(F)(F)C1(O)CC(OCc2ccccc2)C1. The van der Waals surface area contributed by atoms with E-state index in [0.29, 0.717) is 6.61 Å². The molecule has 0 heterocycles. The second kappa shape index (κ2) is 4.35. The van der Waals surface area contributed by atoms with Crippen LogP contribution in [0.2, 0.25) is 0 Å². The van der Waals surface area contributed by atoms with Gasteiger partial charge in [0.05, 0.1) is 12.7 Å². The first-order valence-electron chi connectivity index (χ1n) is 5.66. The quantitative estimate of drug-likeness (QED) is 0.879. The zero-order valence-electron chi connectivity index (χ0n) is 9.70. The Morgan fingerprint density at radius 2 is 1.94 bits per heavy atom. The Kier molecular flexibility index (Phi) is 3.19. The van der Waals surface area contributed by atoms with E-state index in [0.717, 1.165) is 12.5 Å². The van der Waals surface area contributed by atoms with Gasteiger partial charge < -0.3 is 9.84 Å². The van der Waals surface area contributed by atoms with Gasteiger partial charge in [0.15, 0.2) is 0 Å². The van der Waals surface area contributed by atoms with Gasteiger partial charge in [0.25, 0.3) is 5.92 Å². The van der Waals surface area contributed by atoms with Crippen LogP contribution in [-0.4, -0.2) is 22.7 Å². The van der Waals surface area contributed by atoms with Crippen LogP contribution in [0.25, 0.3) is 0 Å². The summed E-state index contributed by atoms with van der Waals surface area (Å²) in [5.74, 6) is -3.06. The van der Waals surface area contributed by atoms with Gasteiger partial charge in [0, 0.05) is 19.8 Å². The summed E-state index contributed by atoms with van der Waals surface area (Å²) < 4.78 is 31.4. The van der Waals surface area contributed by atoms with Crippen LogP contribution < -0.4 is 0 Å². The van der Waals surface area contributed by atoms with Gasteiger partial charge in [-0.1, -0.05) is 30.3 Å². The number of halogens is 2. The topological polar surface area (TPSA) is 29.5 Å². The smallest absolute Gasteiger partial charge is 0.273 e. The van der Waals surface area contributed by atoms with Gasteiger partial charge >= 0.3 is 0 Å². The molecule has 1 aromatic rings. The molecule has 17 heavy (non-hydrogen) atoms. The molecule has 0 spiro atoms. The monoisotopic (exact) mass is 242 g/mol. The Balaban J connectivity index is 1.79. The van der Waals surface area contributed by atoms with Gasteiger partial charge in [0.1, 0.15) is 5.60 Å². The third-order valence-electron chi connectivity index (χ3n) is 3.28. The minimum Gasteiger partial charge on any atom is -0.383 e. The Morgan fingerprint density at radius 1 is 1.35 bits per heavy atom. The zero-order valence-corrected chi connectivity index (χ0v) is 9.70. The largest absolute Gasteiger partial charge is 0.383 e. The molecule has 0 amide bonds. The predicted octanol–water partition coefficient (Wildman–Crippen LogP) is 2.75. The van der Waals surface area contributed by atoms with Crippen molar-refractivity contribution in [3.63, 3.8) is 0 Å². The van der Waals surface area contributed by atoms with Crippen molar-refractivity contribution in [3.8, 4) is 0 Å². The standard InChI is InChI=1S/C13H16F2O2/c1-12(14,15)13(16)7-11(8-13)17-9-10-5-3-2-4-6-10/h2-6,11,16H,7-9H2,1H3. The van der Waals surface area contributed by atoms with E-state index in [1.807, 2.05) is 30.3 Å². The molecular formula is C13H16F2O2. The lowest BCUT2D eigenvalue weighted by molar-refractivity contribution is -0.249. The molecule has 2 rings (SSSR count). The van der Waals surface area contributed by atoms with Crippen LogP contribution in [0.5, 0.6) is 0 Å². The molecule has 1 N–H and O–H groups in total. The Hall–Kier alpha value is -1.00. The highest BCUT2D eigenvalue weighted by Gasteiger charge is 2.57. The average Bonchev–Trinajstić information content (AvgIpc) is 2.22. The predicted molar refractivity (Wildman–Crippen MR) is 59.8 cm³/mol. The molecule has 1 aromatic carbocycles. The highest BCUT2D eigenvalue weighted by Crippen LogP contribution is 2.45. The number of rotatable bonds is 4. The van der Waals surface area contributed by atoms with Crippen molar-refractivity contribution < 1.29 is 18.6 Å². The summed E-state index contributed by atoms with van der Waals surface area (Å²) in [6, 6.07) is 9.54. The van der Waals surface area contributed by atoms with E-state index < -0.39 is 11.5 Å². The molecule has 0 aromatic heterocycles. The summed E-state index contributed by atoms with van der Waals surface area (Å²) in [4.78, 5) is 0. The van der Waals surface area contributed by atoms with Crippen LogP contribution in [0.4, 0.5) is 8.78 Å². The summed E-state index contributed by atoms with van der Waals surface area (Å²) in [5.41, 5.74) is -0.875. The van der Waals surface area contributed by atoms with Crippen LogP contribution >= 0.6 is 0 Å². The molecule has 4 heteroatoms. The van der Waals surface area contributed by atoms with Crippen molar-refractivity contribution in [1.82, 2.24) is 0 Å². The van der Waals surface area contributed by atoms with Crippen LogP contribution in [0.3, 0.4) is 0 Å². The molecule has 1 aliphatic rings. The molecule has 1 saturated carbocycles. The first kappa shape index (κ1) is 12.5. The van der Waals surface area contributed by atoms with Crippen molar-refractivity contribution in [2.45, 2.75) is 44.0 Å². The maximum absolute atomic E-state index is 13.0. The van der Waals surface area contributed by atoms with E-state index in [2.05, 4.69) is 0 Å². The van der Waals surface area contributed by atoms with Crippen molar-refractivity contribution >= 4 is 0 Å². The second-order valence-electron chi connectivity index (χ2n) is 4.75. The molecular weight excluding hydrogens is 226 g/mol. The van der Waals surface area contributed by atoms with E-state index in [9.17, 15) is 13.9 Å². The molecule has 94 valence electrons. The fourth-order valence-corrected chi connectivity index (χ4v) is 1.96. The molecule has 0 unspecified atom stereocenters. The fourth-order valence-electron chi connectivity index (χ4n) is 1.96. The minimum atomic E-state index is -3.06. The van der Waals surface area contributed by atoms with Gasteiger partial charge in [-0.2, -0.15) is 0 Å². The van der Waals surface area contributed by atoms with Gasteiger partial charge in [-0.3, -0.25) is 0 Å². The summed E-state index contributed by atoms with van der Waals surface area (Å²) in [6.45, 7) is 1.15. The van der Waals surface area contributed by atoms with Gasteiger partial charge in [-0.05, 0) is 5.56 Å². The summed E-state index contributed by atoms with van der Waals surface area (Å²) in [6.07, 6.45) is -0.266. The molecule has 0 atom stereocenters. The third-order valence-corrected chi connectivity index (χ3v) is 3.28. The molecule has 0 bridgehead atoms. The fraction of sp³-hybridized carbons (Fsp3) is 0.538. The number of benzene rings is 1. The number of ether oxygens (including phenoxy) is 1. The number of aliphatic hydroxyl groups is 1. The number of hydrogen-bond donors (Lipinski definition) is 1. The highest BCUT2D eigenvalue weighted by atomic mass is 19.3. The molecule has 0 aliphatic heterocycles. The normalized spacial score (nSPS) is 28.8. The molecule has 1 fully saturated rings. The summed E-state index contributed by atoms with van der Waals surface area (Å²) >= 11 is 0. The number of alkyl halides is 2. The van der Waals surface area contributed by atoms with E-state index in [1.54, 1.807) is 0 Å². The van der Waals surface area contributed by atoms with Crippen molar-refractivity contribution in [3.05, 3.63) is 35.9 Å². The average molecular weight is 242 g/mol. The first-order chi connectivity index (χ1) is 7.91. The third kappa shape index (κ3) is 2.64. The van der Waals surface area contributed by atoms with Crippen molar-refractivity contribution in [2.24, 2.45) is 0 Å². The van der Waals surface area contributed by atoms with E-state index >= 15 is 0 Å². The number of hydrogen-bond acceptors (Lipinski definition) is 2. The summed E-state index contributed by atoms with van der Waals surface area (Å²) in [7, 11) is 0. The maximum atomic E-state index is 13.0. The molecule has 0 radical (unpaired) electrons. The maximum Gasteiger partial charge on any atom is 0.273 e. The Bertz CT molecular complexity index is 367. The highest BCUT2D eigenvalue weighted by molar-refractivity contribution is 5.13. The van der Waals surface area contributed by atoms with Gasteiger partial charge in [-0.15, -0.1) is 0 Å². The Labute approximate surface area is 99.2 Å². The van der Waals surface area contributed by atoms with Crippen molar-refractivity contribution in [2.75, 3.05) is 0 Å². The molecule has 2 nitrogen and oxygen atoms in total. The van der Waals surface area contributed by atoms with Crippen LogP contribution in [0.1, 0.15) is 25.3 Å². The van der Waals surface area contributed by atoms with Crippen molar-refractivity contribution in [1.29, 1.82) is 0 Å². The van der Waals surface area contributed by atoms with Gasteiger partial charge in [0.2, 0.25) is 0 Å². The lowest BCUT2D eigenvalue weighted by Crippen LogP contribution is -2.58. The van der Waals surface area contributed by atoms with Crippen LogP contribution in [0.15, 0.2) is 30.3 Å². The van der Waals surface area contributed by atoms with E-state index in [4.69, 9.17) is 4.74 Å². The zero-order chi connectivity index (χ0) is 12.5. The second-order valence-corrected chi connectivity index (χ2v) is 4.75. The first-order valence-corrected chi connectivity index (χ1v) is 5.66. The minimum absolute atomic E-state index is 0.00331. The molecule has 1 aliphatic carbocycles.